The van der Waals surface area contributed by atoms with Gasteiger partial charge in [-0.05, 0) is 40.9 Å². The molecule has 1 N–H and O–H groups in total. The van der Waals surface area contributed by atoms with Crippen LogP contribution in [0.2, 0.25) is 0 Å². The summed E-state index contributed by atoms with van der Waals surface area (Å²) in [5.41, 5.74) is 4.07. The van der Waals surface area contributed by atoms with E-state index in [4.69, 9.17) is 0 Å². The molecule has 0 saturated heterocycles. The van der Waals surface area contributed by atoms with Crippen LogP contribution in [0.1, 0.15) is 17.0 Å². The molecule has 0 radical (unpaired) electrons. The molecule has 2 nitrogen and oxygen atoms in total. The van der Waals surface area contributed by atoms with Crippen molar-refractivity contribution in [2.24, 2.45) is 0 Å². The lowest BCUT2D eigenvalue weighted by Crippen LogP contribution is -1.93. The van der Waals surface area contributed by atoms with Gasteiger partial charge in [0.15, 0.2) is 0 Å². The second-order valence-corrected chi connectivity index (χ2v) is 5.81. The first-order valence-corrected chi connectivity index (χ1v) is 7.30. The molecule has 0 aliphatic heterocycles. The predicted octanol–water partition coefficient (Wildman–Crippen LogP) is 4.56. The number of imidazole rings is 1. The van der Waals surface area contributed by atoms with E-state index in [2.05, 4.69) is 57.1 Å². The van der Waals surface area contributed by atoms with Crippen LogP contribution in [-0.2, 0) is 12.8 Å². The van der Waals surface area contributed by atoms with E-state index in [9.17, 15) is 4.39 Å². The van der Waals surface area contributed by atoms with Crippen LogP contribution in [0.15, 0.2) is 40.9 Å². The van der Waals surface area contributed by atoms with E-state index in [1.54, 1.807) is 6.07 Å². The Morgan fingerprint density at radius 1 is 1.15 bits per heavy atom. The Labute approximate surface area is 125 Å². The standard InChI is InChI=1S/C16H14BrFN2/c1-10-2-4-11(5-3-10)6-7-16-19-14-8-12(17)13(18)9-15(14)20-16/h2-5,8-9H,6-7H2,1H3,(H,19,20). The highest BCUT2D eigenvalue weighted by Gasteiger charge is 2.07. The minimum atomic E-state index is -0.272. The quantitative estimate of drug-likeness (QED) is 0.748. The third-order valence-corrected chi connectivity index (χ3v) is 3.95. The van der Waals surface area contributed by atoms with Crippen LogP contribution in [0.5, 0.6) is 0 Å². The molecular weight excluding hydrogens is 319 g/mol. The van der Waals surface area contributed by atoms with Crippen molar-refractivity contribution in [3.05, 3.63) is 63.6 Å². The summed E-state index contributed by atoms with van der Waals surface area (Å²) in [5, 5.41) is 0. The molecule has 4 heteroatoms. The Morgan fingerprint density at radius 2 is 1.90 bits per heavy atom. The fourth-order valence-electron chi connectivity index (χ4n) is 2.19. The van der Waals surface area contributed by atoms with Gasteiger partial charge in [0, 0.05) is 12.5 Å². The molecule has 3 rings (SSSR count). The van der Waals surface area contributed by atoms with Gasteiger partial charge < -0.3 is 4.98 Å². The number of nitrogens with zero attached hydrogens (tertiary/aromatic N) is 1. The molecule has 102 valence electrons. The van der Waals surface area contributed by atoms with Crippen molar-refractivity contribution in [2.75, 3.05) is 0 Å². The van der Waals surface area contributed by atoms with Crippen LogP contribution < -0.4 is 0 Å². The lowest BCUT2D eigenvalue weighted by Gasteiger charge is -1.99. The molecule has 0 spiro atoms. The Balaban J connectivity index is 1.79. The molecule has 0 atom stereocenters. The fraction of sp³-hybridized carbons (Fsp3) is 0.188. The maximum absolute atomic E-state index is 13.5. The first kappa shape index (κ1) is 13.3. The number of aromatic amines is 1. The number of halogens is 2. The first-order valence-electron chi connectivity index (χ1n) is 6.51. The molecule has 0 fully saturated rings. The van der Waals surface area contributed by atoms with E-state index in [-0.39, 0.29) is 5.82 Å². The molecule has 0 bridgehead atoms. The smallest absolute Gasteiger partial charge is 0.139 e. The molecule has 0 saturated carbocycles. The van der Waals surface area contributed by atoms with Crippen LogP contribution in [0.25, 0.3) is 11.0 Å². The average Bonchev–Trinajstić information content (AvgIpc) is 2.80. The number of hydrogen-bond acceptors (Lipinski definition) is 1. The molecule has 0 amide bonds. The molecular formula is C16H14BrFN2. The van der Waals surface area contributed by atoms with E-state index in [1.807, 2.05) is 0 Å². The number of fused-ring (bicyclic) bond motifs is 1. The van der Waals surface area contributed by atoms with Crippen LogP contribution in [0.4, 0.5) is 4.39 Å². The molecule has 0 unspecified atom stereocenters. The second kappa shape index (κ2) is 5.37. The number of aromatic nitrogens is 2. The normalized spacial score (nSPS) is 11.2. The molecule has 0 aliphatic rings. The third kappa shape index (κ3) is 2.75. The Hall–Kier alpha value is -1.68. The monoisotopic (exact) mass is 332 g/mol. The van der Waals surface area contributed by atoms with Gasteiger partial charge in [-0.15, -0.1) is 0 Å². The van der Waals surface area contributed by atoms with Crippen molar-refractivity contribution >= 4 is 27.0 Å². The van der Waals surface area contributed by atoms with Crippen molar-refractivity contribution < 1.29 is 4.39 Å². The van der Waals surface area contributed by atoms with E-state index in [0.29, 0.717) is 4.47 Å². The zero-order chi connectivity index (χ0) is 14.1. The summed E-state index contributed by atoms with van der Waals surface area (Å²) in [6.07, 6.45) is 1.74. The van der Waals surface area contributed by atoms with E-state index < -0.39 is 0 Å². The van der Waals surface area contributed by atoms with Gasteiger partial charge in [0.1, 0.15) is 11.6 Å². The van der Waals surface area contributed by atoms with Gasteiger partial charge in [-0.3, -0.25) is 0 Å². The molecule has 20 heavy (non-hydrogen) atoms. The van der Waals surface area contributed by atoms with Gasteiger partial charge in [0.05, 0.1) is 15.5 Å². The van der Waals surface area contributed by atoms with Gasteiger partial charge in [-0.2, -0.15) is 0 Å². The van der Waals surface area contributed by atoms with Crippen LogP contribution >= 0.6 is 15.9 Å². The second-order valence-electron chi connectivity index (χ2n) is 4.95. The van der Waals surface area contributed by atoms with Crippen molar-refractivity contribution in [2.45, 2.75) is 19.8 Å². The fourth-order valence-corrected chi connectivity index (χ4v) is 2.52. The number of aryl methyl sites for hydroxylation is 3. The van der Waals surface area contributed by atoms with Crippen molar-refractivity contribution in [1.82, 2.24) is 9.97 Å². The predicted molar refractivity (Wildman–Crippen MR) is 82.3 cm³/mol. The number of nitrogens with one attached hydrogen (secondary N) is 1. The maximum atomic E-state index is 13.5. The molecule has 2 aromatic carbocycles. The first-order chi connectivity index (χ1) is 9.61. The van der Waals surface area contributed by atoms with Crippen LogP contribution in [0, 0.1) is 12.7 Å². The molecule has 3 aromatic rings. The minimum absolute atomic E-state index is 0.272. The van der Waals surface area contributed by atoms with Gasteiger partial charge in [-0.1, -0.05) is 29.8 Å². The van der Waals surface area contributed by atoms with E-state index in [0.717, 1.165) is 29.7 Å². The third-order valence-electron chi connectivity index (χ3n) is 3.34. The highest BCUT2D eigenvalue weighted by molar-refractivity contribution is 9.10. The Kier molecular flexibility index (Phi) is 3.57. The van der Waals surface area contributed by atoms with Crippen molar-refractivity contribution in [3.63, 3.8) is 0 Å². The lowest BCUT2D eigenvalue weighted by atomic mass is 10.1. The highest BCUT2D eigenvalue weighted by Crippen LogP contribution is 2.22. The maximum Gasteiger partial charge on any atom is 0.139 e. The van der Waals surface area contributed by atoms with Gasteiger partial charge >= 0.3 is 0 Å². The van der Waals surface area contributed by atoms with Gasteiger partial charge in [0.2, 0.25) is 0 Å². The van der Waals surface area contributed by atoms with Crippen molar-refractivity contribution in [3.8, 4) is 0 Å². The topological polar surface area (TPSA) is 28.7 Å². The van der Waals surface area contributed by atoms with Gasteiger partial charge in [-0.25, -0.2) is 9.37 Å². The molecule has 1 heterocycles. The summed E-state index contributed by atoms with van der Waals surface area (Å²) in [6, 6.07) is 11.7. The largest absolute Gasteiger partial charge is 0.342 e. The zero-order valence-corrected chi connectivity index (χ0v) is 12.7. The summed E-state index contributed by atoms with van der Waals surface area (Å²) in [4.78, 5) is 7.67. The summed E-state index contributed by atoms with van der Waals surface area (Å²) in [7, 11) is 0. The summed E-state index contributed by atoms with van der Waals surface area (Å²) in [6.45, 7) is 2.08. The Morgan fingerprint density at radius 3 is 2.65 bits per heavy atom. The van der Waals surface area contributed by atoms with Gasteiger partial charge in [0.25, 0.3) is 0 Å². The zero-order valence-electron chi connectivity index (χ0n) is 11.1. The molecule has 1 aromatic heterocycles. The van der Waals surface area contributed by atoms with Crippen LogP contribution in [-0.4, -0.2) is 9.97 Å². The van der Waals surface area contributed by atoms with E-state index in [1.165, 1.54) is 17.2 Å². The summed E-state index contributed by atoms with van der Waals surface area (Å²) in [5.74, 6) is 0.615. The van der Waals surface area contributed by atoms with Crippen LogP contribution in [0.3, 0.4) is 0 Å². The van der Waals surface area contributed by atoms with E-state index >= 15 is 0 Å². The minimum Gasteiger partial charge on any atom is -0.342 e. The summed E-state index contributed by atoms with van der Waals surface area (Å²) < 4.78 is 13.9. The molecule has 0 aliphatic carbocycles. The average molecular weight is 333 g/mol. The number of rotatable bonds is 3. The number of benzene rings is 2. The lowest BCUT2D eigenvalue weighted by molar-refractivity contribution is 0.623. The number of hydrogen-bond donors (Lipinski definition) is 1. The SMILES string of the molecule is Cc1ccc(CCc2nc3cc(Br)c(F)cc3[nH]2)cc1. The summed E-state index contributed by atoms with van der Waals surface area (Å²) >= 11 is 3.18. The highest BCUT2D eigenvalue weighted by atomic mass is 79.9. The Bertz CT molecular complexity index is 708. The number of H-pyrrole nitrogens is 1. The van der Waals surface area contributed by atoms with Crippen molar-refractivity contribution in [1.29, 1.82) is 0 Å².